The molecule has 1 aromatic carbocycles. The second kappa shape index (κ2) is 4.80. The van der Waals surface area contributed by atoms with Gasteiger partial charge < -0.3 is 4.79 Å². The van der Waals surface area contributed by atoms with Crippen molar-refractivity contribution >= 4 is 6.29 Å². The molecule has 0 aliphatic heterocycles. The zero-order chi connectivity index (χ0) is 9.68. The van der Waals surface area contributed by atoms with Crippen LogP contribution in [0.15, 0.2) is 30.3 Å². The molecule has 0 aliphatic carbocycles. The van der Waals surface area contributed by atoms with Crippen LogP contribution in [0.2, 0.25) is 0 Å². The molecule has 0 amide bonds. The number of hydrogen-bond donors (Lipinski definition) is 0. The molecule has 1 heteroatoms. The molecule has 1 atom stereocenters. The maximum absolute atomic E-state index is 10.8. The van der Waals surface area contributed by atoms with Crippen molar-refractivity contribution < 1.29 is 4.79 Å². The van der Waals surface area contributed by atoms with E-state index in [0.717, 1.165) is 12.7 Å². The van der Waals surface area contributed by atoms with Crippen LogP contribution < -0.4 is 0 Å². The Morgan fingerprint density at radius 1 is 1.23 bits per heavy atom. The Morgan fingerprint density at radius 3 is 2.31 bits per heavy atom. The third-order valence-corrected chi connectivity index (χ3v) is 2.35. The fourth-order valence-corrected chi connectivity index (χ4v) is 1.33. The second-order valence-electron chi connectivity index (χ2n) is 3.73. The lowest BCUT2D eigenvalue weighted by atomic mass is 9.91. The summed E-state index contributed by atoms with van der Waals surface area (Å²) in [5.41, 5.74) is 1.24. The van der Waals surface area contributed by atoms with Crippen molar-refractivity contribution in [3.8, 4) is 0 Å². The molecule has 13 heavy (non-hydrogen) atoms. The van der Waals surface area contributed by atoms with Gasteiger partial charge in [-0.2, -0.15) is 0 Å². The van der Waals surface area contributed by atoms with Crippen LogP contribution in [0.25, 0.3) is 0 Å². The zero-order valence-corrected chi connectivity index (χ0v) is 8.23. The minimum atomic E-state index is 0.155. The first kappa shape index (κ1) is 9.97. The van der Waals surface area contributed by atoms with E-state index in [0.29, 0.717) is 5.92 Å². The molecule has 1 nitrogen and oxygen atoms in total. The largest absolute Gasteiger partial charge is 0.303 e. The third-order valence-electron chi connectivity index (χ3n) is 2.35. The zero-order valence-electron chi connectivity index (χ0n) is 8.23. The number of carbonyl (C=O) groups excluding carboxylic acids is 1. The number of hydrogen-bond acceptors (Lipinski definition) is 1. The molecule has 0 radical (unpaired) electrons. The lowest BCUT2D eigenvalue weighted by Crippen LogP contribution is -2.13. The van der Waals surface area contributed by atoms with E-state index >= 15 is 0 Å². The number of benzene rings is 1. The number of aldehydes is 1. The van der Waals surface area contributed by atoms with Gasteiger partial charge in [-0.15, -0.1) is 0 Å². The van der Waals surface area contributed by atoms with Gasteiger partial charge in [0.25, 0.3) is 0 Å². The maximum atomic E-state index is 10.8. The van der Waals surface area contributed by atoms with Gasteiger partial charge in [0, 0.05) is 5.92 Å². The van der Waals surface area contributed by atoms with E-state index in [9.17, 15) is 4.79 Å². The van der Waals surface area contributed by atoms with Crippen molar-refractivity contribution in [1.29, 1.82) is 0 Å². The lowest BCUT2D eigenvalue weighted by molar-refractivity contribution is -0.112. The molecule has 1 aromatic rings. The Hall–Kier alpha value is -1.11. The van der Waals surface area contributed by atoms with E-state index in [1.165, 1.54) is 5.56 Å². The van der Waals surface area contributed by atoms with Gasteiger partial charge in [-0.1, -0.05) is 44.2 Å². The maximum Gasteiger partial charge on any atom is 0.123 e. The minimum Gasteiger partial charge on any atom is -0.303 e. The van der Waals surface area contributed by atoms with Crippen molar-refractivity contribution in [2.24, 2.45) is 11.8 Å². The first-order valence-corrected chi connectivity index (χ1v) is 4.73. The minimum absolute atomic E-state index is 0.155. The van der Waals surface area contributed by atoms with Gasteiger partial charge in [-0.25, -0.2) is 0 Å². The van der Waals surface area contributed by atoms with E-state index in [1.807, 2.05) is 18.2 Å². The van der Waals surface area contributed by atoms with Gasteiger partial charge in [-0.05, 0) is 17.9 Å². The Balaban J connectivity index is 2.62. The molecule has 0 aromatic heterocycles. The fraction of sp³-hybridized carbons (Fsp3) is 0.417. The molecule has 70 valence electrons. The normalized spacial score (nSPS) is 12.8. The van der Waals surface area contributed by atoms with Gasteiger partial charge in [0.05, 0.1) is 0 Å². The standard InChI is InChI=1S/C12H16O/c1-10(2)12(9-13)8-11-6-4-3-5-7-11/h3-7,9-10,12H,8H2,1-2H3. The monoisotopic (exact) mass is 176 g/mol. The lowest BCUT2D eigenvalue weighted by Gasteiger charge is -2.13. The summed E-state index contributed by atoms with van der Waals surface area (Å²) in [7, 11) is 0. The van der Waals surface area contributed by atoms with Gasteiger partial charge >= 0.3 is 0 Å². The molecule has 1 unspecified atom stereocenters. The van der Waals surface area contributed by atoms with Gasteiger partial charge in [-0.3, -0.25) is 0 Å². The summed E-state index contributed by atoms with van der Waals surface area (Å²) in [5.74, 6) is 0.583. The quantitative estimate of drug-likeness (QED) is 0.645. The van der Waals surface area contributed by atoms with E-state index < -0.39 is 0 Å². The van der Waals surface area contributed by atoms with E-state index in [-0.39, 0.29) is 5.92 Å². The first-order valence-electron chi connectivity index (χ1n) is 4.73. The highest BCUT2D eigenvalue weighted by Crippen LogP contribution is 2.14. The molecule has 0 heterocycles. The average molecular weight is 176 g/mol. The summed E-state index contributed by atoms with van der Waals surface area (Å²) in [6.45, 7) is 4.17. The van der Waals surface area contributed by atoms with Crippen LogP contribution in [-0.2, 0) is 11.2 Å². The van der Waals surface area contributed by atoms with Crippen LogP contribution in [0.1, 0.15) is 19.4 Å². The summed E-state index contributed by atoms with van der Waals surface area (Å²) in [5, 5.41) is 0. The van der Waals surface area contributed by atoms with Gasteiger partial charge in [0.15, 0.2) is 0 Å². The molecule has 0 saturated carbocycles. The van der Waals surface area contributed by atoms with Crippen LogP contribution in [0, 0.1) is 11.8 Å². The van der Waals surface area contributed by atoms with Crippen LogP contribution in [0.5, 0.6) is 0 Å². The summed E-state index contributed by atoms with van der Waals surface area (Å²) in [6, 6.07) is 10.2. The molecule has 1 rings (SSSR count). The van der Waals surface area contributed by atoms with E-state index in [2.05, 4.69) is 26.0 Å². The Labute approximate surface area is 79.8 Å². The molecular formula is C12H16O. The summed E-state index contributed by atoms with van der Waals surface area (Å²) >= 11 is 0. The first-order chi connectivity index (χ1) is 6.24. The smallest absolute Gasteiger partial charge is 0.123 e. The van der Waals surface area contributed by atoms with Crippen LogP contribution in [-0.4, -0.2) is 6.29 Å². The highest BCUT2D eigenvalue weighted by molar-refractivity contribution is 5.54. The fourth-order valence-electron chi connectivity index (χ4n) is 1.33. The Bertz CT molecular complexity index is 251. The van der Waals surface area contributed by atoms with Gasteiger partial charge in [0.1, 0.15) is 6.29 Å². The highest BCUT2D eigenvalue weighted by atomic mass is 16.1. The molecule has 0 aliphatic rings. The van der Waals surface area contributed by atoms with E-state index in [4.69, 9.17) is 0 Å². The van der Waals surface area contributed by atoms with Crippen LogP contribution in [0.3, 0.4) is 0 Å². The summed E-state index contributed by atoms with van der Waals surface area (Å²) < 4.78 is 0. The summed E-state index contributed by atoms with van der Waals surface area (Å²) in [6.07, 6.45) is 1.93. The second-order valence-corrected chi connectivity index (χ2v) is 3.73. The van der Waals surface area contributed by atoms with Crippen molar-refractivity contribution in [3.63, 3.8) is 0 Å². The van der Waals surface area contributed by atoms with Crippen molar-refractivity contribution in [2.45, 2.75) is 20.3 Å². The van der Waals surface area contributed by atoms with Crippen molar-refractivity contribution in [3.05, 3.63) is 35.9 Å². The van der Waals surface area contributed by atoms with Crippen LogP contribution in [0.4, 0.5) is 0 Å². The van der Waals surface area contributed by atoms with E-state index in [1.54, 1.807) is 0 Å². The third kappa shape index (κ3) is 3.02. The average Bonchev–Trinajstić information content (AvgIpc) is 2.15. The Kier molecular flexibility index (Phi) is 3.69. The Morgan fingerprint density at radius 2 is 1.85 bits per heavy atom. The molecule has 0 N–H and O–H groups in total. The summed E-state index contributed by atoms with van der Waals surface area (Å²) in [4.78, 5) is 10.8. The van der Waals surface area contributed by atoms with Crippen molar-refractivity contribution in [2.75, 3.05) is 0 Å². The molecule has 0 fully saturated rings. The molecule has 0 bridgehead atoms. The number of carbonyl (C=O) groups is 1. The molecule has 0 saturated heterocycles. The number of rotatable bonds is 4. The predicted molar refractivity (Wildman–Crippen MR) is 54.5 cm³/mol. The van der Waals surface area contributed by atoms with Crippen molar-refractivity contribution in [1.82, 2.24) is 0 Å². The van der Waals surface area contributed by atoms with Gasteiger partial charge in [0.2, 0.25) is 0 Å². The topological polar surface area (TPSA) is 17.1 Å². The van der Waals surface area contributed by atoms with Crippen LogP contribution >= 0.6 is 0 Å². The molecular weight excluding hydrogens is 160 g/mol. The SMILES string of the molecule is CC(C)C(C=O)Cc1ccccc1. The predicted octanol–water partition coefficient (Wildman–Crippen LogP) is 2.70. The molecule has 0 spiro atoms. The highest BCUT2D eigenvalue weighted by Gasteiger charge is 2.12.